The molecule has 0 bridgehead atoms. The number of hydrogen-bond donors (Lipinski definition) is 0. The summed E-state index contributed by atoms with van der Waals surface area (Å²) in [4.78, 5) is 26.8. The molecule has 4 rings (SSSR count). The average molecular weight is 490 g/mol. The lowest BCUT2D eigenvalue weighted by atomic mass is 9.86. The number of rotatable bonds is 3. The Labute approximate surface area is 200 Å². The predicted octanol–water partition coefficient (Wildman–Crippen LogP) is 4.51. The molecule has 3 heterocycles. The second kappa shape index (κ2) is 9.05. The third-order valence-electron chi connectivity index (χ3n) is 6.85. The molecule has 2 aromatic heterocycles. The van der Waals surface area contributed by atoms with Crippen molar-refractivity contribution in [3.05, 3.63) is 64.0 Å². The van der Waals surface area contributed by atoms with Crippen molar-refractivity contribution < 1.29 is 22.4 Å². The smallest absolute Gasteiger partial charge is 0.343 e. The molecule has 1 amide bonds. The molecule has 3 aromatic rings. The van der Waals surface area contributed by atoms with Crippen LogP contribution in [0.15, 0.2) is 35.5 Å². The number of likely N-dealkylation sites (tertiary alicyclic amines) is 1. The van der Waals surface area contributed by atoms with Gasteiger partial charge in [-0.1, -0.05) is 12.1 Å². The Kier molecular flexibility index (Phi) is 6.42. The van der Waals surface area contributed by atoms with Gasteiger partial charge in [-0.15, -0.1) is 0 Å². The quantitative estimate of drug-likeness (QED) is 0.509. The molecule has 1 aliphatic heterocycles. The molecular weight excluding hydrogens is 462 g/mol. The monoisotopic (exact) mass is 489 g/mol. The lowest BCUT2D eigenvalue weighted by Crippen LogP contribution is -2.42. The first-order valence-corrected chi connectivity index (χ1v) is 11.4. The zero-order valence-electron chi connectivity index (χ0n) is 20.1. The van der Waals surface area contributed by atoms with E-state index in [9.17, 15) is 18.0 Å². The Hall–Kier alpha value is -3.30. The molecule has 0 aliphatic carbocycles. The Balaban J connectivity index is 1.77. The summed E-state index contributed by atoms with van der Waals surface area (Å²) in [5.74, 6) is 0.531. The lowest BCUT2D eigenvalue weighted by molar-refractivity contribution is -0.138. The number of amides is 1. The highest BCUT2D eigenvalue weighted by atomic mass is 19.4. The summed E-state index contributed by atoms with van der Waals surface area (Å²) in [5.41, 5.74) is -0.569. The number of halogens is 4. The molecule has 186 valence electrons. The Morgan fingerprint density at radius 2 is 1.89 bits per heavy atom. The zero-order valence-corrected chi connectivity index (χ0v) is 20.1. The summed E-state index contributed by atoms with van der Waals surface area (Å²) in [6, 6.07) is 5.70. The van der Waals surface area contributed by atoms with E-state index in [1.165, 1.54) is 26.1 Å². The molecular formula is C25H27F4N5O. The third kappa shape index (κ3) is 4.78. The van der Waals surface area contributed by atoms with Crippen LogP contribution in [0, 0.1) is 13.8 Å². The van der Waals surface area contributed by atoms with Gasteiger partial charge in [0.05, 0.1) is 17.5 Å². The van der Waals surface area contributed by atoms with E-state index in [-0.39, 0.29) is 30.9 Å². The van der Waals surface area contributed by atoms with Crippen molar-refractivity contribution in [3.63, 3.8) is 0 Å². The molecule has 6 nitrogen and oxygen atoms in total. The van der Waals surface area contributed by atoms with Crippen LogP contribution in [-0.4, -0.2) is 38.4 Å². The topological polar surface area (TPSA) is 63.4 Å². The molecule has 1 aromatic carbocycles. The van der Waals surface area contributed by atoms with Crippen LogP contribution < -0.4 is 5.49 Å². The van der Waals surface area contributed by atoms with Crippen LogP contribution in [0.2, 0.25) is 0 Å². The standard InChI is InChI=1S/C25H27F4N5O/c1-15-18(6-5-7-21(15)25(27,28)29)13-30-22-20-12-19(14-31-23(20)33(4)16(2)32-22)24(26)8-10-34(11-9-24)17(3)35/h5-7,12,14H,8-11,13H2,1-4H3. The summed E-state index contributed by atoms with van der Waals surface area (Å²) >= 11 is 0. The minimum atomic E-state index is -4.45. The Bertz CT molecular complexity index is 1350. The van der Waals surface area contributed by atoms with Crippen molar-refractivity contribution in [1.29, 1.82) is 0 Å². The number of nitrogens with zero attached hydrogens (tertiary/aromatic N) is 5. The molecule has 10 heteroatoms. The molecule has 0 spiro atoms. The Morgan fingerprint density at radius 3 is 2.51 bits per heavy atom. The minimum Gasteiger partial charge on any atom is -0.343 e. The predicted molar refractivity (Wildman–Crippen MR) is 123 cm³/mol. The average Bonchev–Trinajstić information content (AvgIpc) is 2.80. The highest BCUT2D eigenvalue weighted by Crippen LogP contribution is 2.37. The van der Waals surface area contributed by atoms with Gasteiger partial charge in [-0.25, -0.2) is 14.4 Å². The number of hydrogen-bond acceptors (Lipinski definition) is 4. The number of alkyl halides is 4. The van der Waals surface area contributed by atoms with E-state index in [4.69, 9.17) is 0 Å². The number of carbonyl (C=O) groups excluding carboxylic acids is 1. The lowest BCUT2D eigenvalue weighted by Gasteiger charge is -2.36. The van der Waals surface area contributed by atoms with Gasteiger partial charge in [-0.3, -0.25) is 9.79 Å². The van der Waals surface area contributed by atoms with Gasteiger partial charge in [0.15, 0.2) is 5.49 Å². The molecule has 0 unspecified atom stereocenters. The van der Waals surface area contributed by atoms with Crippen molar-refractivity contribution in [2.45, 2.75) is 52.0 Å². The molecule has 1 aliphatic rings. The van der Waals surface area contributed by atoms with Crippen molar-refractivity contribution in [2.24, 2.45) is 12.0 Å². The number of carbonyl (C=O) groups is 1. The van der Waals surface area contributed by atoms with Crippen molar-refractivity contribution in [1.82, 2.24) is 19.4 Å². The van der Waals surface area contributed by atoms with E-state index in [1.54, 1.807) is 35.6 Å². The maximum atomic E-state index is 15.9. The maximum Gasteiger partial charge on any atom is 0.416 e. The molecule has 35 heavy (non-hydrogen) atoms. The van der Waals surface area contributed by atoms with Gasteiger partial charge < -0.3 is 9.47 Å². The Morgan fingerprint density at radius 1 is 1.20 bits per heavy atom. The largest absolute Gasteiger partial charge is 0.416 e. The fourth-order valence-corrected chi connectivity index (χ4v) is 4.48. The van der Waals surface area contributed by atoms with Crippen LogP contribution in [0.4, 0.5) is 17.6 Å². The highest BCUT2D eigenvalue weighted by Gasteiger charge is 2.37. The van der Waals surface area contributed by atoms with Crippen molar-refractivity contribution in [2.75, 3.05) is 13.1 Å². The molecule has 0 saturated carbocycles. The van der Waals surface area contributed by atoms with Gasteiger partial charge in [0.1, 0.15) is 17.1 Å². The first kappa shape index (κ1) is 24.8. The maximum absolute atomic E-state index is 15.9. The molecule has 1 fully saturated rings. The van der Waals surface area contributed by atoms with E-state index in [1.807, 2.05) is 0 Å². The van der Waals surface area contributed by atoms with Gasteiger partial charge in [0.2, 0.25) is 5.91 Å². The van der Waals surface area contributed by atoms with E-state index >= 15 is 4.39 Å². The second-order valence-corrected chi connectivity index (χ2v) is 9.01. The van der Waals surface area contributed by atoms with Gasteiger partial charge in [0, 0.05) is 51.7 Å². The van der Waals surface area contributed by atoms with Crippen LogP contribution in [0.1, 0.15) is 47.8 Å². The number of aromatic nitrogens is 3. The van der Waals surface area contributed by atoms with Crippen molar-refractivity contribution >= 4 is 16.9 Å². The highest BCUT2D eigenvalue weighted by molar-refractivity contribution is 5.75. The van der Waals surface area contributed by atoms with E-state index in [2.05, 4.69) is 15.0 Å². The van der Waals surface area contributed by atoms with Gasteiger partial charge >= 0.3 is 6.18 Å². The summed E-state index contributed by atoms with van der Waals surface area (Å²) in [5, 5.41) is 0.520. The van der Waals surface area contributed by atoms with E-state index < -0.39 is 17.4 Å². The normalized spacial score (nSPS) is 16.7. The summed E-state index contributed by atoms with van der Waals surface area (Å²) in [6.45, 7) is 5.29. The van der Waals surface area contributed by atoms with Crippen LogP contribution in [0.3, 0.4) is 0 Å². The van der Waals surface area contributed by atoms with Crippen LogP contribution in [0.25, 0.3) is 11.0 Å². The van der Waals surface area contributed by atoms with Crippen LogP contribution >= 0.6 is 0 Å². The number of aryl methyl sites for hydroxylation is 2. The SMILES string of the molecule is CC(=O)N1CCC(F)(c2cnc3c(c2)c(=NCc2cccc(C(F)(F)F)c2C)nc(C)n3C)CC1. The van der Waals surface area contributed by atoms with Gasteiger partial charge in [-0.05, 0) is 37.1 Å². The fraction of sp³-hybridized carbons (Fsp3) is 0.440. The molecule has 0 N–H and O–H groups in total. The summed E-state index contributed by atoms with van der Waals surface area (Å²) < 4.78 is 57.6. The summed E-state index contributed by atoms with van der Waals surface area (Å²) in [6.07, 6.45) is -2.64. The van der Waals surface area contributed by atoms with Gasteiger partial charge in [-0.2, -0.15) is 13.2 Å². The minimum absolute atomic E-state index is 0.0103. The third-order valence-corrected chi connectivity index (χ3v) is 6.85. The zero-order chi connectivity index (χ0) is 25.5. The number of benzene rings is 1. The number of piperidine rings is 1. The first-order chi connectivity index (χ1) is 16.4. The van der Waals surface area contributed by atoms with Crippen LogP contribution in [-0.2, 0) is 30.2 Å². The van der Waals surface area contributed by atoms with Gasteiger partial charge in [0.25, 0.3) is 0 Å². The van der Waals surface area contributed by atoms with E-state index in [0.717, 1.165) is 6.07 Å². The van der Waals surface area contributed by atoms with Crippen LogP contribution in [0.5, 0.6) is 0 Å². The first-order valence-electron chi connectivity index (χ1n) is 11.4. The second-order valence-electron chi connectivity index (χ2n) is 9.01. The van der Waals surface area contributed by atoms with Crippen molar-refractivity contribution in [3.8, 4) is 0 Å². The molecule has 0 radical (unpaired) electrons. The fourth-order valence-electron chi connectivity index (χ4n) is 4.48. The summed E-state index contributed by atoms with van der Waals surface area (Å²) in [7, 11) is 1.79. The van der Waals surface area contributed by atoms with E-state index in [0.29, 0.717) is 46.6 Å². The number of fused-ring (bicyclic) bond motifs is 1. The molecule has 0 atom stereocenters. The number of pyridine rings is 1. The molecule has 1 saturated heterocycles.